The van der Waals surface area contributed by atoms with Crippen molar-refractivity contribution in [3.05, 3.63) is 23.3 Å². The van der Waals surface area contributed by atoms with Crippen LogP contribution in [0.25, 0.3) is 0 Å². The van der Waals surface area contributed by atoms with Gasteiger partial charge in [-0.25, -0.2) is 0 Å². The number of nitrogens with zero attached hydrogens (tertiary/aromatic N) is 1. The van der Waals surface area contributed by atoms with Gasteiger partial charge in [0.15, 0.2) is 11.5 Å². The number of fused-ring (bicyclic) bond motifs is 1. The molecule has 116 valence electrons. The zero-order chi connectivity index (χ0) is 15.6. The van der Waals surface area contributed by atoms with Gasteiger partial charge in [-0.15, -0.1) is 0 Å². The fraction of sp³-hybridized carbons (Fsp3) is 0.533. The molecule has 0 bridgehead atoms. The van der Waals surface area contributed by atoms with Crippen molar-refractivity contribution < 1.29 is 19.4 Å². The van der Waals surface area contributed by atoms with E-state index in [2.05, 4.69) is 4.90 Å². The van der Waals surface area contributed by atoms with Gasteiger partial charge in [0.2, 0.25) is 0 Å². The van der Waals surface area contributed by atoms with Crippen LogP contribution in [0.15, 0.2) is 12.1 Å². The van der Waals surface area contributed by atoms with E-state index in [0.717, 1.165) is 24.3 Å². The van der Waals surface area contributed by atoms with E-state index in [0.29, 0.717) is 18.8 Å². The van der Waals surface area contributed by atoms with Crippen LogP contribution in [-0.2, 0) is 17.8 Å². The SMILES string of the molecule is COc1cc2c(cc1OC)CN(CC(C)(N)C(=O)O)CC2. The van der Waals surface area contributed by atoms with Crippen molar-refractivity contribution in [3.63, 3.8) is 0 Å². The van der Waals surface area contributed by atoms with E-state index in [1.165, 1.54) is 5.56 Å². The van der Waals surface area contributed by atoms with Gasteiger partial charge in [-0.05, 0) is 36.6 Å². The van der Waals surface area contributed by atoms with Crippen LogP contribution in [0.2, 0.25) is 0 Å². The van der Waals surface area contributed by atoms with Gasteiger partial charge in [0, 0.05) is 19.6 Å². The average Bonchev–Trinajstić information content (AvgIpc) is 2.45. The van der Waals surface area contributed by atoms with E-state index in [1.54, 1.807) is 21.1 Å². The van der Waals surface area contributed by atoms with Crippen molar-refractivity contribution in [2.75, 3.05) is 27.3 Å². The molecule has 1 atom stereocenters. The number of carboxylic acid groups (broad SMARTS) is 1. The lowest BCUT2D eigenvalue weighted by molar-refractivity contribution is -0.143. The number of nitrogens with two attached hydrogens (primary N) is 1. The minimum Gasteiger partial charge on any atom is -0.493 e. The third-order valence-electron chi connectivity index (χ3n) is 3.84. The largest absolute Gasteiger partial charge is 0.493 e. The number of hydrogen-bond donors (Lipinski definition) is 2. The lowest BCUT2D eigenvalue weighted by atomic mass is 9.96. The van der Waals surface area contributed by atoms with Gasteiger partial charge in [0.25, 0.3) is 0 Å². The summed E-state index contributed by atoms with van der Waals surface area (Å²) in [6, 6.07) is 3.94. The van der Waals surface area contributed by atoms with Gasteiger partial charge in [0.05, 0.1) is 14.2 Å². The van der Waals surface area contributed by atoms with Crippen LogP contribution in [0.3, 0.4) is 0 Å². The Morgan fingerprint density at radius 1 is 1.33 bits per heavy atom. The predicted molar refractivity (Wildman–Crippen MR) is 78.8 cm³/mol. The molecule has 0 spiro atoms. The maximum absolute atomic E-state index is 11.1. The second-order valence-corrected chi connectivity index (χ2v) is 5.66. The third kappa shape index (κ3) is 3.28. The van der Waals surface area contributed by atoms with Gasteiger partial charge in [-0.2, -0.15) is 0 Å². The van der Waals surface area contributed by atoms with Gasteiger partial charge in [-0.3, -0.25) is 9.69 Å². The molecule has 0 saturated carbocycles. The Balaban J connectivity index is 2.18. The van der Waals surface area contributed by atoms with Crippen LogP contribution in [0.4, 0.5) is 0 Å². The molecule has 0 saturated heterocycles. The van der Waals surface area contributed by atoms with E-state index >= 15 is 0 Å². The molecule has 0 amide bonds. The summed E-state index contributed by atoms with van der Waals surface area (Å²) >= 11 is 0. The van der Waals surface area contributed by atoms with E-state index in [1.807, 2.05) is 12.1 Å². The highest BCUT2D eigenvalue weighted by Gasteiger charge is 2.32. The molecule has 21 heavy (non-hydrogen) atoms. The topological polar surface area (TPSA) is 85.0 Å². The quantitative estimate of drug-likeness (QED) is 0.838. The highest BCUT2D eigenvalue weighted by Crippen LogP contribution is 2.33. The predicted octanol–water partition coefficient (Wildman–Crippen LogP) is 0.864. The van der Waals surface area contributed by atoms with Crippen molar-refractivity contribution in [1.82, 2.24) is 4.90 Å². The molecular formula is C15H22N2O4. The molecule has 1 unspecified atom stereocenters. The molecule has 0 radical (unpaired) electrons. The molecule has 2 rings (SSSR count). The van der Waals surface area contributed by atoms with Crippen LogP contribution in [0, 0.1) is 0 Å². The molecule has 1 aromatic carbocycles. The van der Waals surface area contributed by atoms with Crippen LogP contribution >= 0.6 is 0 Å². The molecule has 0 fully saturated rings. The lowest BCUT2D eigenvalue weighted by Crippen LogP contribution is -2.54. The van der Waals surface area contributed by atoms with E-state index < -0.39 is 11.5 Å². The van der Waals surface area contributed by atoms with Gasteiger partial charge >= 0.3 is 5.97 Å². The Morgan fingerprint density at radius 3 is 2.43 bits per heavy atom. The first-order valence-electron chi connectivity index (χ1n) is 6.86. The summed E-state index contributed by atoms with van der Waals surface area (Å²) in [7, 11) is 3.22. The Labute approximate surface area is 124 Å². The van der Waals surface area contributed by atoms with Gasteiger partial charge in [0.1, 0.15) is 5.54 Å². The molecule has 0 aromatic heterocycles. The van der Waals surface area contributed by atoms with Crippen LogP contribution in [0.5, 0.6) is 11.5 Å². The fourth-order valence-electron chi connectivity index (χ4n) is 2.61. The van der Waals surface area contributed by atoms with Gasteiger partial charge in [-0.1, -0.05) is 0 Å². The molecule has 1 aliphatic heterocycles. The van der Waals surface area contributed by atoms with Crippen molar-refractivity contribution in [2.45, 2.75) is 25.4 Å². The third-order valence-corrected chi connectivity index (χ3v) is 3.84. The fourth-order valence-corrected chi connectivity index (χ4v) is 2.61. The van der Waals surface area contributed by atoms with Crippen molar-refractivity contribution in [2.24, 2.45) is 5.73 Å². The summed E-state index contributed by atoms with van der Waals surface area (Å²) in [5.41, 5.74) is 6.92. The molecule has 6 heteroatoms. The summed E-state index contributed by atoms with van der Waals surface area (Å²) in [5, 5.41) is 9.13. The zero-order valence-corrected chi connectivity index (χ0v) is 12.7. The number of benzene rings is 1. The molecule has 1 heterocycles. The molecule has 1 aromatic rings. The van der Waals surface area contributed by atoms with Gasteiger partial charge < -0.3 is 20.3 Å². The number of aliphatic carboxylic acids is 1. The monoisotopic (exact) mass is 294 g/mol. The number of methoxy groups -OCH3 is 2. The minimum atomic E-state index is -1.24. The average molecular weight is 294 g/mol. The lowest BCUT2D eigenvalue weighted by Gasteiger charge is -2.33. The number of carbonyl (C=O) groups is 1. The first-order valence-corrected chi connectivity index (χ1v) is 6.86. The number of rotatable bonds is 5. The first-order chi connectivity index (χ1) is 9.87. The van der Waals surface area contributed by atoms with Crippen LogP contribution in [-0.4, -0.2) is 48.8 Å². The summed E-state index contributed by atoms with van der Waals surface area (Å²) in [5.74, 6) is 0.423. The Bertz CT molecular complexity index is 543. The Kier molecular flexibility index (Phi) is 4.39. The van der Waals surface area contributed by atoms with E-state index in [-0.39, 0.29) is 0 Å². The molecule has 6 nitrogen and oxygen atoms in total. The molecule has 3 N–H and O–H groups in total. The molecule has 0 aliphatic carbocycles. The number of carboxylic acids is 1. The summed E-state index contributed by atoms with van der Waals surface area (Å²) in [6.45, 7) is 3.30. The highest BCUT2D eigenvalue weighted by atomic mass is 16.5. The molecule has 1 aliphatic rings. The first kappa shape index (κ1) is 15.6. The number of hydrogen-bond acceptors (Lipinski definition) is 5. The van der Waals surface area contributed by atoms with Crippen molar-refractivity contribution >= 4 is 5.97 Å². The van der Waals surface area contributed by atoms with Crippen molar-refractivity contribution in [3.8, 4) is 11.5 Å². The molecular weight excluding hydrogens is 272 g/mol. The number of ether oxygens (including phenoxy) is 2. The minimum absolute atomic E-state index is 0.316. The Morgan fingerprint density at radius 2 is 1.90 bits per heavy atom. The van der Waals surface area contributed by atoms with E-state index in [9.17, 15) is 4.79 Å². The second-order valence-electron chi connectivity index (χ2n) is 5.66. The standard InChI is InChI=1S/C15H22N2O4/c1-15(16,14(18)19)9-17-5-4-10-6-12(20-2)13(21-3)7-11(10)8-17/h6-7H,4-5,8-9,16H2,1-3H3,(H,18,19). The summed E-state index contributed by atoms with van der Waals surface area (Å²) in [6.07, 6.45) is 0.839. The normalized spacial score (nSPS) is 17.7. The van der Waals surface area contributed by atoms with Crippen LogP contribution < -0.4 is 15.2 Å². The Hall–Kier alpha value is -1.79. The maximum atomic E-state index is 11.1. The van der Waals surface area contributed by atoms with Crippen molar-refractivity contribution in [1.29, 1.82) is 0 Å². The van der Waals surface area contributed by atoms with Crippen LogP contribution in [0.1, 0.15) is 18.1 Å². The second kappa shape index (κ2) is 5.91. The van der Waals surface area contributed by atoms with E-state index in [4.69, 9.17) is 20.3 Å². The summed E-state index contributed by atoms with van der Waals surface area (Å²) < 4.78 is 10.6. The summed E-state index contributed by atoms with van der Waals surface area (Å²) in [4.78, 5) is 13.2. The highest BCUT2D eigenvalue weighted by molar-refractivity contribution is 5.78. The smallest absolute Gasteiger partial charge is 0.324 e. The zero-order valence-electron chi connectivity index (χ0n) is 12.7. The maximum Gasteiger partial charge on any atom is 0.324 e.